The SMILES string of the molecule is O=C1/C(=C/c2cc(I)c(O)c(I)c2)SC(=S)N1c1cccc(F)c1. The number of thioether (sulfide) groups is 1. The van der Waals surface area contributed by atoms with Crippen LogP contribution >= 0.6 is 69.2 Å². The van der Waals surface area contributed by atoms with Crippen molar-refractivity contribution < 1.29 is 14.3 Å². The summed E-state index contributed by atoms with van der Waals surface area (Å²) < 4.78 is 15.2. The van der Waals surface area contributed by atoms with Crippen LogP contribution in [0.4, 0.5) is 10.1 Å². The maximum Gasteiger partial charge on any atom is 0.270 e. The van der Waals surface area contributed by atoms with Crippen molar-refractivity contribution in [1.82, 2.24) is 0 Å². The predicted octanol–water partition coefficient (Wildman–Crippen LogP) is 5.15. The molecule has 3 rings (SSSR count). The number of phenolic OH excluding ortho intramolecular Hbond substituents is 1. The Bertz CT molecular complexity index is 878. The Kier molecular flexibility index (Phi) is 5.47. The average Bonchev–Trinajstić information content (AvgIpc) is 2.79. The average molecular weight is 583 g/mol. The molecular weight excluding hydrogens is 575 g/mol. The lowest BCUT2D eigenvalue weighted by atomic mass is 10.2. The number of hydrogen-bond donors (Lipinski definition) is 1. The number of aromatic hydroxyl groups is 1. The molecule has 0 aromatic heterocycles. The fourth-order valence-electron chi connectivity index (χ4n) is 2.13. The smallest absolute Gasteiger partial charge is 0.270 e. The number of amides is 1. The summed E-state index contributed by atoms with van der Waals surface area (Å²) in [5.74, 6) is -0.484. The Balaban J connectivity index is 1.97. The third-order valence-corrected chi connectivity index (χ3v) is 6.14. The molecule has 1 fully saturated rings. The number of nitrogens with zero attached hydrogens (tertiary/aromatic N) is 1. The van der Waals surface area contributed by atoms with E-state index in [9.17, 15) is 14.3 Å². The van der Waals surface area contributed by atoms with Crippen LogP contribution in [0.25, 0.3) is 6.08 Å². The number of thiocarbonyl (C=S) groups is 1. The highest BCUT2D eigenvalue weighted by Crippen LogP contribution is 2.37. The molecule has 0 spiro atoms. The quantitative estimate of drug-likeness (QED) is 0.302. The Morgan fingerprint density at radius 2 is 1.88 bits per heavy atom. The number of carbonyl (C=O) groups is 1. The van der Waals surface area contributed by atoms with Crippen molar-refractivity contribution in [2.24, 2.45) is 0 Å². The van der Waals surface area contributed by atoms with Crippen LogP contribution in [0.15, 0.2) is 41.3 Å². The molecule has 0 aliphatic carbocycles. The molecule has 2 aromatic rings. The molecule has 0 radical (unpaired) electrons. The van der Waals surface area contributed by atoms with Crippen LogP contribution in [0.2, 0.25) is 0 Å². The van der Waals surface area contributed by atoms with Gasteiger partial charge in [-0.25, -0.2) is 4.39 Å². The number of halogens is 3. The van der Waals surface area contributed by atoms with E-state index < -0.39 is 5.82 Å². The fraction of sp³-hybridized carbons (Fsp3) is 0. The molecule has 3 nitrogen and oxygen atoms in total. The minimum absolute atomic E-state index is 0.223. The highest BCUT2D eigenvalue weighted by atomic mass is 127. The molecule has 0 saturated carbocycles. The standard InChI is InChI=1S/C16H8FI2NO2S2/c17-9-2-1-3-10(7-9)20-15(22)13(24-16(20)23)6-8-4-11(18)14(21)12(19)5-8/h1-7,21H/b13-6-. The maximum atomic E-state index is 13.4. The first kappa shape index (κ1) is 18.1. The van der Waals surface area contributed by atoms with Gasteiger partial charge in [0.25, 0.3) is 5.91 Å². The molecule has 8 heteroatoms. The molecule has 1 aliphatic rings. The van der Waals surface area contributed by atoms with Gasteiger partial charge in [0.2, 0.25) is 0 Å². The lowest BCUT2D eigenvalue weighted by Gasteiger charge is -2.14. The van der Waals surface area contributed by atoms with Gasteiger partial charge in [-0.3, -0.25) is 9.69 Å². The largest absolute Gasteiger partial charge is 0.506 e. The molecule has 1 amide bonds. The van der Waals surface area contributed by atoms with Gasteiger partial charge >= 0.3 is 0 Å². The number of carbonyl (C=O) groups excluding carboxylic acids is 1. The third kappa shape index (κ3) is 3.60. The summed E-state index contributed by atoms with van der Waals surface area (Å²) in [4.78, 5) is 14.4. The van der Waals surface area contributed by atoms with E-state index in [1.54, 1.807) is 24.3 Å². The second-order valence-corrected chi connectivity index (χ2v) is 8.83. The van der Waals surface area contributed by atoms with Crippen molar-refractivity contribution in [3.8, 4) is 5.75 Å². The summed E-state index contributed by atoms with van der Waals surface area (Å²) in [7, 11) is 0. The van der Waals surface area contributed by atoms with E-state index in [0.29, 0.717) is 22.1 Å². The molecule has 2 aromatic carbocycles. The van der Waals surface area contributed by atoms with E-state index in [4.69, 9.17) is 12.2 Å². The van der Waals surface area contributed by atoms with Crippen LogP contribution in [0.5, 0.6) is 5.75 Å². The molecule has 1 saturated heterocycles. The summed E-state index contributed by atoms with van der Waals surface area (Å²) in [6, 6.07) is 9.35. The Labute approximate surface area is 174 Å². The van der Waals surface area contributed by atoms with Crippen molar-refractivity contribution in [3.05, 3.63) is 59.8 Å². The second kappa shape index (κ2) is 7.26. The number of benzene rings is 2. The van der Waals surface area contributed by atoms with Crippen molar-refractivity contribution in [1.29, 1.82) is 0 Å². The van der Waals surface area contributed by atoms with E-state index in [0.717, 1.165) is 5.56 Å². The van der Waals surface area contributed by atoms with Crippen LogP contribution in [0.3, 0.4) is 0 Å². The molecule has 0 atom stereocenters. The predicted molar refractivity (Wildman–Crippen MR) is 116 cm³/mol. The number of anilines is 1. The lowest BCUT2D eigenvalue weighted by molar-refractivity contribution is -0.113. The van der Waals surface area contributed by atoms with E-state index >= 15 is 0 Å². The van der Waals surface area contributed by atoms with Gasteiger partial charge in [0.05, 0.1) is 17.7 Å². The lowest BCUT2D eigenvalue weighted by Crippen LogP contribution is -2.27. The molecule has 1 aliphatic heterocycles. The van der Waals surface area contributed by atoms with Crippen molar-refractivity contribution in [2.45, 2.75) is 0 Å². The highest BCUT2D eigenvalue weighted by molar-refractivity contribution is 14.1. The van der Waals surface area contributed by atoms with E-state index in [2.05, 4.69) is 0 Å². The zero-order chi connectivity index (χ0) is 17.4. The summed E-state index contributed by atoms with van der Waals surface area (Å²) in [6.45, 7) is 0. The monoisotopic (exact) mass is 583 g/mol. The molecule has 1 heterocycles. The Hall–Kier alpha value is -0.720. The summed E-state index contributed by atoms with van der Waals surface area (Å²) >= 11 is 10.5. The van der Waals surface area contributed by atoms with Gasteiger partial charge in [-0.05, 0) is 87.2 Å². The topological polar surface area (TPSA) is 40.5 Å². The van der Waals surface area contributed by atoms with Crippen LogP contribution in [-0.4, -0.2) is 15.3 Å². The number of hydrogen-bond acceptors (Lipinski definition) is 4. The van der Waals surface area contributed by atoms with Crippen molar-refractivity contribution in [2.75, 3.05) is 4.90 Å². The van der Waals surface area contributed by atoms with Crippen LogP contribution in [-0.2, 0) is 4.79 Å². The minimum atomic E-state index is -0.423. The van der Waals surface area contributed by atoms with Gasteiger partial charge in [-0.1, -0.05) is 30.0 Å². The van der Waals surface area contributed by atoms with Crippen LogP contribution < -0.4 is 4.90 Å². The minimum Gasteiger partial charge on any atom is -0.506 e. The van der Waals surface area contributed by atoms with Gasteiger partial charge in [-0.2, -0.15) is 0 Å². The van der Waals surface area contributed by atoms with E-state index in [-0.39, 0.29) is 11.7 Å². The van der Waals surface area contributed by atoms with Gasteiger partial charge in [0.1, 0.15) is 11.6 Å². The maximum absolute atomic E-state index is 13.4. The van der Waals surface area contributed by atoms with Gasteiger partial charge in [0, 0.05) is 0 Å². The highest BCUT2D eigenvalue weighted by Gasteiger charge is 2.33. The van der Waals surface area contributed by atoms with Gasteiger partial charge < -0.3 is 5.11 Å². The number of phenols is 1. The molecule has 0 bridgehead atoms. The van der Waals surface area contributed by atoms with Crippen LogP contribution in [0, 0.1) is 13.0 Å². The normalized spacial score (nSPS) is 16.3. The molecular formula is C16H8FI2NO2S2. The van der Waals surface area contributed by atoms with E-state index in [1.165, 1.54) is 34.9 Å². The zero-order valence-electron chi connectivity index (χ0n) is 11.8. The van der Waals surface area contributed by atoms with Gasteiger partial charge in [-0.15, -0.1) is 0 Å². The Morgan fingerprint density at radius 1 is 1.21 bits per heavy atom. The summed E-state index contributed by atoms with van der Waals surface area (Å²) in [5.41, 5.74) is 1.21. The number of rotatable bonds is 2. The third-order valence-electron chi connectivity index (χ3n) is 3.20. The van der Waals surface area contributed by atoms with E-state index in [1.807, 2.05) is 45.2 Å². The first-order valence-electron chi connectivity index (χ1n) is 6.58. The molecule has 122 valence electrons. The first-order valence-corrected chi connectivity index (χ1v) is 9.96. The first-order chi connectivity index (χ1) is 11.4. The molecule has 1 N–H and O–H groups in total. The fourth-order valence-corrected chi connectivity index (χ4v) is 5.24. The summed E-state index contributed by atoms with van der Waals surface area (Å²) in [5, 5.41) is 9.83. The molecule has 24 heavy (non-hydrogen) atoms. The van der Waals surface area contributed by atoms with Crippen molar-refractivity contribution in [3.63, 3.8) is 0 Å². The van der Waals surface area contributed by atoms with Gasteiger partial charge in [0.15, 0.2) is 4.32 Å². The molecule has 0 unspecified atom stereocenters. The second-order valence-electron chi connectivity index (χ2n) is 4.83. The zero-order valence-corrected chi connectivity index (χ0v) is 17.7. The Morgan fingerprint density at radius 3 is 2.50 bits per heavy atom. The van der Waals surface area contributed by atoms with Crippen molar-refractivity contribution >= 4 is 91.2 Å². The summed E-state index contributed by atoms with van der Waals surface area (Å²) in [6.07, 6.45) is 1.72. The van der Waals surface area contributed by atoms with Crippen LogP contribution in [0.1, 0.15) is 5.56 Å².